The predicted molar refractivity (Wildman–Crippen MR) is 60.5 cm³/mol. The van der Waals surface area contributed by atoms with E-state index in [0.29, 0.717) is 0 Å². The summed E-state index contributed by atoms with van der Waals surface area (Å²) in [6.45, 7) is 0. The van der Waals surface area contributed by atoms with E-state index in [9.17, 15) is 0 Å². The van der Waals surface area contributed by atoms with Crippen LogP contribution >= 0.6 is 0 Å². The molecule has 2 saturated carbocycles. The minimum atomic E-state index is 0. The fourth-order valence-electron chi connectivity index (χ4n) is 3.04. The number of hydrogen-bond acceptors (Lipinski definition) is 0. The summed E-state index contributed by atoms with van der Waals surface area (Å²) in [4.78, 5) is 0. The topological polar surface area (TPSA) is 0 Å². The van der Waals surface area contributed by atoms with Gasteiger partial charge in [0.1, 0.15) is 0 Å². The predicted octanol–water partition coefficient (Wildman–Crippen LogP) is 4.31. The largest absolute Gasteiger partial charge is 1.00 e. The minimum Gasteiger partial charge on any atom is -1.00 e. The van der Waals surface area contributed by atoms with E-state index in [1.54, 1.807) is 64.2 Å². The van der Waals surface area contributed by atoms with Gasteiger partial charge in [0.2, 0.25) is 0 Å². The van der Waals surface area contributed by atoms with Gasteiger partial charge in [-0.1, -0.05) is 0 Å². The van der Waals surface area contributed by atoms with Crippen LogP contribution in [0.5, 0.6) is 0 Å². The Morgan fingerprint density at radius 3 is 1.38 bits per heavy atom. The van der Waals surface area contributed by atoms with Crippen molar-refractivity contribution in [1.29, 1.82) is 0 Å². The summed E-state index contributed by atoms with van der Waals surface area (Å²) in [5, 5.41) is 0. The van der Waals surface area contributed by atoms with E-state index >= 15 is 0 Å². The summed E-state index contributed by atoms with van der Waals surface area (Å²) < 4.78 is 2.56. The molecule has 0 N–H and O–H groups in total. The monoisotopic (exact) mass is 236 g/mol. The molecule has 0 saturated heterocycles. The van der Waals surface area contributed by atoms with Crippen LogP contribution < -0.4 is 0 Å². The van der Waals surface area contributed by atoms with E-state index in [1.807, 2.05) is 0 Å². The maximum Gasteiger partial charge on any atom is -1.00 e. The van der Waals surface area contributed by atoms with Crippen molar-refractivity contribution >= 4 is 17.4 Å². The molecule has 1 heteroatoms. The van der Waals surface area contributed by atoms with Crippen molar-refractivity contribution in [3.05, 3.63) is 0 Å². The second-order valence-corrected chi connectivity index (χ2v) is 9.75. The summed E-state index contributed by atoms with van der Waals surface area (Å²) in [7, 11) is 0. The van der Waals surface area contributed by atoms with Gasteiger partial charge in [0.25, 0.3) is 0 Å². The van der Waals surface area contributed by atoms with Gasteiger partial charge in [-0.05, 0) is 0 Å². The zero-order chi connectivity index (χ0) is 8.93. The van der Waals surface area contributed by atoms with Gasteiger partial charge in [0, 0.05) is 0 Å². The van der Waals surface area contributed by atoms with Crippen molar-refractivity contribution in [2.24, 2.45) is 0 Å². The third kappa shape index (κ3) is 3.36. The Labute approximate surface area is 92.1 Å². The van der Waals surface area contributed by atoms with Crippen LogP contribution in [0.25, 0.3) is 0 Å². The molecule has 2 aliphatic rings. The molecule has 75 valence electrons. The SMILES string of the molecule is C1CC[CH]([Ga][CH]2CCCCC2)CC1.[H-]. The molecule has 0 aromatic heterocycles. The van der Waals surface area contributed by atoms with Crippen LogP contribution in [0.1, 0.15) is 65.6 Å². The third-order valence-corrected chi connectivity index (χ3v) is 8.93. The van der Waals surface area contributed by atoms with Crippen LogP contribution in [-0.2, 0) is 0 Å². The van der Waals surface area contributed by atoms with Crippen molar-refractivity contribution in [2.75, 3.05) is 0 Å². The molecule has 0 aliphatic heterocycles. The first-order chi connectivity index (χ1) is 6.45. The molecule has 0 aromatic rings. The standard InChI is InChI=1S/2C6H11.Ga.H/c2*1-2-4-6-5-3-1;;/h2*1H,2-6H2;;/q;;;-1. The maximum atomic E-state index is 1.62. The summed E-state index contributed by atoms with van der Waals surface area (Å²) >= 11 is 0.162. The molecular formula is C12H23Ga-. The molecule has 0 unspecified atom stereocenters. The smallest absolute Gasteiger partial charge is 1.00 e. The third-order valence-electron chi connectivity index (χ3n) is 3.84. The van der Waals surface area contributed by atoms with E-state index in [0.717, 1.165) is 0 Å². The Hall–Kier alpha value is 0.636. The van der Waals surface area contributed by atoms with Crippen LogP contribution in [0, 0.1) is 0 Å². The molecule has 0 nitrogen and oxygen atoms in total. The molecule has 0 spiro atoms. The van der Waals surface area contributed by atoms with Crippen molar-refractivity contribution in [3.63, 3.8) is 0 Å². The van der Waals surface area contributed by atoms with E-state index in [2.05, 4.69) is 0 Å². The van der Waals surface area contributed by atoms with Crippen molar-refractivity contribution in [1.82, 2.24) is 0 Å². The molecule has 0 aromatic carbocycles. The van der Waals surface area contributed by atoms with Gasteiger partial charge in [-0.3, -0.25) is 0 Å². The Kier molecular flexibility index (Phi) is 4.30. The first-order valence-electron chi connectivity index (χ1n) is 6.30. The Morgan fingerprint density at radius 1 is 0.615 bits per heavy atom. The first-order valence-corrected chi connectivity index (χ1v) is 9.10. The van der Waals surface area contributed by atoms with E-state index in [1.165, 1.54) is 8.94 Å². The van der Waals surface area contributed by atoms with Crippen molar-refractivity contribution in [3.8, 4) is 0 Å². The Morgan fingerprint density at radius 2 is 1.00 bits per heavy atom. The van der Waals surface area contributed by atoms with Crippen LogP contribution in [0.2, 0.25) is 8.94 Å². The maximum absolute atomic E-state index is 1.62. The molecule has 1 radical (unpaired) electrons. The first kappa shape index (κ1) is 10.2. The molecule has 0 heterocycles. The average molecular weight is 237 g/mol. The van der Waals surface area contributed by atoms with Gasteiger partial charge in [-0.25, -0.2) is 0 Å². The van der Waals surface area contributed by atoms with E-state index in [4.69, 9.17) is 0 Å². The molecule has 0 bridgehead atoms. The zero-order valence-electron chi connectivity index (χ0n) is 9.80. The quantitative estimate of drug-likeness (QED) is 0.627. The molecule has 0 atom stereocenters. The zero-order valence-corrected chi connectivity index (χ0v) is 11.2. The van der Waals surface area contributed by atoms with Crippen LogP contribution in [0.3, 0.4) is 0 Å². The number of rotatable bonds is 2. The fourth-order valence-corrected chi connectivity index (χ4v) is 8.25. The second kappa shape index (κ2) is 5.50. The van der Waals surface area contributed by atoms with Gasteiger partial charge in [-0.15, -0.1) is 0 Å². The Bertz CT molecular complexity index is 121. The van der Waals surface area contributed by atoms with Gasteiger partial charge in [0.15, 0.2) is 0 Å². The summed E-state index contributed by atoms with van der Waals surface area (Å²) in [5.41, 5.74) is 0. The molecule has 2 aliphatic carbocycles. The molecule has 2 rings (SSSR count). The number of hydrogen-bond donors (Lipinski definition) is 0. The molecular weight excluding hydrogens is 214 g/mol. The summed E-state index contributed by atoms with van der Waals surface area (Å²) in [6, 6.07) is 0. The molecule has 0 amide bonds. The molecule has 2 fully saturated rings. The van der Waals surface area contributed by atoms with E-state index in [-0.39, 0.29) is 18.8 Å². The Balaban J connectivity index is 0.000000980. The second-order valence-electron chi connectivity index (χ2n) is 4.99. The van der Waals surface area contributed by atoms with Crippen LogP contribution in [0.4, 0.5) is 0 Å². The summed E-state index contributed by atoms with van der Waals surface area (Å²) in [5.74, 6) is 0. The van der Waals surface area contributed by atoms with E-state index < -0.39 is 0 Å². The van der Waals surface area contributed by atoms with Crippen molar-refractivity contribution in [2.45, 2.75) is 73.2 Å². The fraction of sp³-hybridized carbons (Fsp3) is 1.00. The van der Waals surface area contributed by atoms with Gasteiger partial charge < -0.3 is 1.43 Å². The normalized spacial score (nSPS) is 27.4. The summed E-state index contributed by atoms with van der Waals surface area (Å²) in [6.07, 6.45) is 15.8. The average Bonchev–Trinajstić information content (AvgIpc) is 2.21. The van der Waals surface area contributed by atoms with Crippen LogP contribution in [-0.4, -0.2) is 17.4 Å². The van der Waals surface area contributed by atoms with Gasteiger partial charge in [0.05, 0.1) is 0 Å². The van der Waals surface area contributed by atoms with Crippen LogP contribution in [0.15, 0.2) is 0 Å². The van der Waals surface area contributed by atoms with Gasteiger partial charge in [-0.2, -0.15) is 0 Å². The molecule has 13 heavy (non-hydrogen) atoms. The minimum absolute atomic E-state index is 0. The van der Waals surface area contributed by atoms with Crippen molar-refractivity contribution < 1.29 is 1.43 Å². The van der Waals surface area contributed by atoms with Gasteiger partial charge >= 0.3 is 90.6 Å².